The van der Waals surface area contributed by atoms with Crippen LogP contribution in [0.25, 0.3) is 0 Å². The third-order valence-electron chi connectivity index (χ3n) is 2.92. The predicted octanol–water partition coefficient (Wildman–Crippen LogP) is 1.00. The summed E-state index contributed by atoms with van der Waals surface area (Å²) in [5.74, 6) is 0. The molecule has 9 nitrogen and oxygen atoms in total. The molecule has 0 aromatic carbocycles. The average Bonchev–Trinajstić information content (AvgIpc) is 2.73. The number of aliphatic hydroxyl groups is 4. The van der Waals surface area contributed by atoms with E-state index < -0.39 is 15.1 Å². The maximum absolute atomic E-state index is 8.54. The summed E-state index contributed by atoms with van der Waals surface area (Å²) in [4.78, 5) is 0. The number of hydrogen-bond acceptors (Lipinski definition) is 9. The van der Waals surface area contributed by atoms with Crippen LogP contribution in [0.5, 0.6) is 0 Å². The number of unbranched alkanes of at least 4 members (excludes halogenated alkanes) is 2. The molecule has 0 heterocycles. The molecule has 30 heavy (non-hydrogen) atoms. The van der Waals surface area contributed by atoms with E-state index in [0.717, 1.165) is 32.1 Å². The van der Waals surface area contributed by atoms with Crippen molar-refractivity contribution in [1.29, 1.82) is 0 Å². The summed E-state index contributed by atoms with van der Waals surface area (Å²) >= 11 is -2.14. The summed E-state index contributed by atoms with van der Waals surface area (Å²) in [5.41, 5.74) is 0. The monoisotopic (exact) mass is 492 g/mol. The van der Waals surface area contributed by atoms with E-state index in [9.17, 15) is 0 Å². The Morgan fingerprint density at radius 1 is 0.500 bits per heavy atom. The van der Waals surface area contributed by atoms with E-state index in [1.165, 1.54) is 0 Å². The van der Waals surface area contributed by atoms with Gasteiger partial charge in [0.2, 0.25) is 0 Å². The van der Waals surface area contributed by atoms with Crippen molar-refractivity contribution in [2.75, 3.05) is 72.7 Å². The van der Waals surface area contributed by atoms with Gasteiger partial charge in [-0.05, 0) is 19.3 Å². The van der Waals surface area contributed by atoms with E-state index >= 15 is 0 Å². The van der Waals surface area contributed by atoms with Gasteiger partial charge in [0.15, 0.2) is 0 Å². The molecule has 0 fully saturated rings. The minimum absolute atomic E-state index is 0. The summed E-state index contributed by atoms with van der Waals surface area (Å²) in [6, 6.07) is 0. The van der Waals surface area contributed by atoms with E-state index in [4.69, 9.17) is 41.3 Å². The molecule has 0 aliphatic carbocycles. The van der Waals surface area contributed by atoms with E-state index in [2.05, 4.69) is 13.8 Å². The van der Waals surface area contributed by atoms with Crippen LogP contribution in [0.3, 0.4) is 0 Å². The van der Waals surface area contributed by atoms with Gasteiger partial charge in [-0.3, -0.25) is 0 Å². The smallest absolute Gasteiger partial charge is 0.454 e. The van der Waals surface area contributed by atoms with Crippen molar-refractivity contribution in [3.63, 3.8) is 0 Å². The Labute approximate surface area is 203 Å². The van der Waals surface area contributed by atoms with Gasteiger partial charge < -0.3 is 41.3 Å². The minimum atomic E-state index is -2.14. The van der Waals surface area contributed by atoms with Crippen molar-refractivity contribution in [3.8, 4) is 0 Å². The van der Waals surface area contributed by atoms with Crippen LogP contribution in [0, 0.1) is 0 Å². The fourth-order valence-corrected chi connectivity index (χ4v) is 2.71. The molecule has 0 aromatic rings. The first-order valence-electron chi connectivity index (χ1n) is 10.6. The van der Waals surface area contributed by atoms with Gasteiger partial charge in [-0.25, -0.2) is 0 Å². The second-order valence-electron chi connectivity index (χ2n) is 5.73. The van der Waals surface area contributed by atoms with Crippen LogP contribution in [-0.2, 0) is 42.6 Å². The molecule has 4 N–H and O–H groups in total. The van der Waals surface area contributed by atoms with Crippen molar-refractivity contribution in [2.24, 2.45) is 0 Å². The van der Waals surface area contributed by atoms with Crippen LogP contribution in [0.15, 0.2) is 0 Å². The molecule has 182 valence electrons. The summed E-state index contributed by atoms with van der Waals surface area (Å²) < 4.78 is 26.6. The van der Waals surface area contributed by atoms with Gasteiger partial charge in [-0.15, -0.1) is 0 Å². The van der Waals surface area contributed by atoms with Crippen LogP contribution >= 0.6 is 0 Å². The quantitative estimate of drug-likeness (QED) is 0.154. The molecule has 0 spiro atoms. The van der Waals surface area contributed by atoms with Gasteiger partial charge in [0.1, 0.15) is 0 Å². The normalized spacial score (nSPS) is 9.70. The third kappa shape index (κ3) is 42.9. The number of ether oxygens (including phenoxy) is 2. The van der Waals surface area contributed by atoms with Crippen molar-refractivity contribution < 1.29 is 63.0 Å². The van der Waals surface area contributed by atoms with E-state index in [0.29, 0.717) is 59.5 Å². The first kappa shape index (κ1) is 38.2. The van der Waals surface area contributed by atoms with Gasteiger partial charge in [0, 0.05) is 54.8 Å². The molecule has 0 aromatic heterocycles. The Bertz CT molecular complexity index is 234. The van der Waals surface area contributed by atoms with Crippen molar-refractivity contribution in [3.05, 3.63) is 0 Å². The Morgan fingerprint density at radius 2 is 0.900 bits per heavy atom. The molecule has 0 amide bonds. The van der Waals surface area contributed by atoms with Crippen LogP contribution < -0.4 is 0 Å². The Balaban J connectivity index is -0.000000254. The molecule has 11 heteroatoms. The van der Waals surface area contributed by atoms with E-state index in [-0.39, 0.29) is 34.9 Å². The molecule has 0 rings (SSSR count). The van der Waals surface area contributed by atoms with Gasteiger partial charge in [0.25, 0.3) is 0 Å². The number of hydrogen-bond donors (Lipinski definition) is 4. The summed E-state index contributed by atoms with van der Waals surface area (Å²) in [7, 11) is 0. The van der Waals surface area contributed by atoms with Gasteiger partial charge >= 0.3 is 15.1 Å². The van der Waals surface area contributed by atoms with Crippen molar-refractivity contribution in [1.82, 2.24) is 0 Å². The van der Waals surface area contributed by atoms with Crippen LogP contribution in [0.2, 0.25) is 0 Å². The largest absolute Gasteiger partial charge is 0.905 e. The molecule has 0 unspecified atom stereocenters. The second-order valence-corrected chi connectivity index (χ2v) is 7.30. The molecule has 0 aliphatic rings. The van der Waals surface area contributed by atoms with Crippen LogP contribution in [0.4, 0.5) is 0 Å². The molecule has 0 radical (unpaired) electrons. The van der Waals surface area contributed by atoms with Crippen molar-refractivity contribution >= 4 is 15.1 Å². The first-order chi connectivity index (χ1) is 14.2. The zero-order valence-electron chi connectivity index (χ0n) is 19.2. The standard InChI is InChI=1S/2C4H9O3.2C4H10O.C3H7O.Al.Ti/c2*5-1-3-7-4-2-6;2*1-2-3-4-5;1-2-3-4;;/h2*5H,1-4H2;2*5H,2-4H2,1H3;2-3H2,1H3;;/q2*-1;;;-1;+3;. The third-order valence-corrected chi connectivity index (χ3v) is 4.44. The van der Waals surface area contributed by atoms with E-state index in [1.807, 2.05) is 6.92 Å². The SMILES string of the molecule is CCCCO.CCCCO.CCC[O][Al]([O]CCOCCO)[O]CCOCCO.[Ti]. The molecule has 0 aliphatic heterocycles. The topological polar surface area (TPSA) is 127 Å². The maximum Gasteiger partial charge on any atom is 0.905 e. The van der Waals surface area contributed by atoms with Crippen LogP contribution in [0.1, 0.15) is 52.9 Å². The molecule has 0 saturated heterocycles. The molecule has 0 atom stereocenters. The minimum Gasteiger partial charge on any atom is -0.454 e. The van der Waals surface area contributed by atoms with Crippen LogP contribution in [-0.4, -0.2) is 108 Å². The Morgan fingerprint density at radius 3 is 1.17 bits per heavy atom. The zero-order chi connectivity index (χ0) is 22.4. The number of aliphatic hydroxyl groups excluding tert-OH is 4. The fourth-order valence-electron chi connectivity index (χ4n) is 1.41. The maximum atomic E-state index is 8.54. The Hall–Kier alpha value is 0.887. The number of rotatable bonds is 19. The summed E-state index contributed by atoms with van der Waals surface area (Å²) in [6.07, 6.45) is 4.98. The predicted molar refractivity (Wildman–Crippen MR) is 114 cm³/mol. The van der Waals surface area contributed by atoms with E-state index in [1.54, 1.807) is 0 Å². The average molecular weight is 492 g/mol. The van der Waals surface area contributed by atoms with Gasteiger partial charge in [0.05, 0.1) is 39.6 Å². The zero-order valence-corrected chi connectivity index (χ0v) is 21.9. The molecular weight excluding hydrogens is 447 g/mol. The first-order valence-corrected chi connectivity index (χ1v) is 12.0. The van der Waals surface area contributed by atoms with Gasteiger partial charge in [-0.2, -0.15) is 0 Å². The van der Waals surface area contributed by atoms with Gasteiger partial charge in [-0.1, -0.05) is 33.6 Å². The molecular formula is C19H45AlO9Ti. The summed E-state index contributed by atoms with van der Waals surface area (Å²) in [5, 5.41) is 33.2. The molecule has 0 saturated carbocycles. The molecule has 0 bridgehead atoms. The second kappa shape index (κ2) is 40.3. The summed E-state index contributed by atoms with van der Waals surface area (Å²) in [6.45, 7) is 9.62. The van der Waals surface area contributed by atoms with Crippen molar-refractivity contribution in [2.45, 2.75) is 52.9 Å². The fraction of sp³-hybridized carbons (Fsp3) is 1.00. The Kier molecular flexibility index (Phi) is 51.2.